The van der Waals surface area contributed by atoms with Gasteiger partial charge in [-0.2, -0.15) is 0 Å². The Morgan fingerprint density at radius 3 is 2.30 bits per heavy atom. The Labute approximate surface area is 179 Å². The maximum Gasteiger partial charge on any atom is -0.00791 e. The summed E-state index contributed by atoms with van der Waals surface area (Å²) >= 11 is 0. The smallest absolute Gasteiger partial charge is 0.00791 e. The van der Waals surface area contributed by atoms with Crippen molar-refractivity contribution in [1.29, 1.82) is 0 Å². The van der Waals surface area contributed by atoms with Gasteiger partial charge in [-0.15, -0.1) is 0 Å². The van der Waals surface area contributed by atoms with Crippen molar-refractivity contribution in [3.63, 3.8) is 0 Å². The lowest BCUT2D eigenvalue weighted by Crippen LogP contribution is -2.38. The molecule has 3 aliphatic carbocycles. The van der Waals surface area contributed by atoms with Crippen molar-refractivity contribution in [2.45, 2.75) is 46.0 Å². The maximum atomic E-state index is 2.50. The predicted octanol–water partition coefficient (Wildman–Crippen LogP) is 5.43. The summed E-state index contributed by atoms with van der Waals surface area (Å²) < 4.78 is 0. The monoisotopic (exact) mass is 390 g/mol. The Bertz CT molecular complexity index is 1340. The lowest BCUT2D eigenvalue weighted by atomic mass is 9.63. The Hall–Kier alpha value is -2.60. The summed E-state index contributed by atoms with van der Waals surface area (Å²) in [5.74, 6) is 2.32. The molecule has 6 rings (SSSR count). The van der Waals surface area contributed by atoms with Gasteiger partial charge in [-0.1, -0.05) is 98.5 Å². The molecule has 0 spiro atoms. The number of hydrogen-bond donors (Lipinski definition) is 0. The van der Waals surface area contributed by atoms with Crippen LogP contribution >= 0.6 is 0 Å². The summed E-state index contributed by atoms with van der Waals surface area (Å²) in [6.07, 6.45) is 9.05. The first-order valence-electron chi connectivity index (χ1n) is 11.7. The van der Waals surface area contributed by atoms with Gasteiger partial charge in [0.2, 0.25) is 0 Å². The highest BCUT2D eigenvalue weighted by molar-refractivity contribution is 5.70. The second-order valence-electron chi connectivity index (χ2n) is 9.74. The lowest BCUT2D eigenvalue weighted by molar-refractivity contribution is 0.170. The first kappa shape index (κ1) is 18.2. The summed E-state index contributed by atoms with van der Waals surface area (Å²) in [6, 6.07) is 23.0. The van der Waals surface area contributed by atoms with E-state index >= 15 is 0 Å². The van der Waals surface area contributed by atoms with Crippen molar-refractivity contribution in [3.05, 3.63) is 104 Å². The standard InChI is InChI=1S/C30H30/c1-19-10-12-23(13-11-19)30-20(2)28(21-7-5-8-21)18-29-26-15-14-22-6-3-4-9-24(22)25(26)16-17-27(29)30/h3-4,6,9-14,16-17,20-21,28H,5,7-8,15,18H2,1-2H3. The highest BCUT2D eigenvalue weighted by Gasteiger charge is 2.36. The third-order valence-electron chi connectivity index (χ3n) is 8.15. The van der Waals surface area contributed by atoms with Gasteiger partial charge in [-0.3, -0.25) is 0 Å². The zero-order valence-electron chi connectivity index (χ0n) is 18.1. The normalized spacial score (nSPS) is 22.4. The molecule has 2 atom stereocenters. The number of benzene rings is 3. The van der Waals surface area contributed by atoms with E-state index in [0.29, 0.717) is 5.92 Å². The molecular weight excluding hydrogens is 360 g/mol. The minimum atomic E-state index is 0.628. The zero-order valence-corrected chi connectivity index (χ0v) is 18.1. The minimum Gasteiger partial charge on any atom is -0.0722 e. The van der Waals surface area contributed by atoms with E-state index in [4.69, 9.17) is 0 Å². The topological polar surface area (TPSA) is 0 Å². The molecule has 1 saturated carbocycles. The molecule has 3 aliphatic rings. The van der Waals surface area contributed by atoms with E-state index in [2.05, 4.69) is 80.6 Å². The molecule has 0 N–H and O–H groups in total. The van der Waals surface area contributed by atoms with Crippen molar-refractivity contribution < 1.29 is 0 Å². The number of aryl methyl sites for hydroxylation is 1. The van der Waals surface area contributed by atoms with Crippen molar-refractivity contribution in [2.24, 2.45) is 17.8 Å². The average molecular weight is 391 g/mol. The second-order valence-corrected chi connectivity index (χ2v) is 9.74. The van der Waals surface area contributed by atoms with Gasteiger partial charge in [0.15, 0.2) is 0 Å². The fourth-order valence-electron chi connectivity index (χ4n) is 6.26. The third kappa shape index (κ3) is 2.73. The quantitative estimate of drug-likeness (QED) is 0.548. The van der Waals surface area contributed by atoms with Crippen LogP contribution in [0.1, 0.15) is 48.4 Å². The highest BCUT2D eigenvalue weighted by Crippen LogP contribution is 2.44. The molecule has 0 aliphatic heterocycles. The maximum absolute atomic E-state index is 2.50. The van der Waals surface area contributed by atoms with Gasteiger partial charge >= 0.3 is 0 Å². The van der Waals surface area contributed by atoms with Gasteiger partial charge in [-0.25, -0.2) is 0 Å². The molecule has 0 heteroatoms. The van der Waals surface area contributed by atoms with E-state index in [0.717, 1.165) is 18.3 Å². The molecule has 0 aromatic heterocycles. The number of fused-ring (bicyclic) bond motifs is 4. The van der Waals surface area contributed by atoms with Crippen molar-refractivity contribution in [3.8, 4) is 0 Å². The molecule has 30 heavy (non-hydrogen) atoms. The fourth-order valence-corrected chi connectivity index (χ4v) is 6.26. The van der Waals surface area contributed by atoms with Crippen LogP contribution in [0.3, 0.4) is 0 Å². The molecule has 0 saturated heterocycles. The summed E-state index contributed by atoms with van der Waals surface area (Å²) in [5.41, 5.74) is 7.60. The fraction of sp³-hybridized carbons (Fsp3) is 0.333. The van der Waals surface area contributed by atoms with Crippen LogP contribution in [0.5, 0.6) is 0 Å². The van der Waals surface area contributed by atoms with Crippen LogP contribution in [0.2, 0.25) is 0 Å². The lowest BCUT2D eigenvalue weighted by Gasteiger charge is -2.42. The largest absolute Gasteiger partial charge is 0.0722 e. The summed E-state index contributed by atoms with van der Waals surface area (Å²) in [4.78, 5) is 0. The van der Waals surface area contributed by atoms with Crippen LogP contribution < -0.4 is 10.4 Å². The second kappa shape index (κ2) is 6.98. The molecule has 0 bridgehead atoms. The van der Waals surface area contributed by atoms with Gasteiger partial charge in [0.1, 0.15) is 0 Å². The molecule has 2 unspecified atom stereocenters. The molecule has 0 amide bonds. The van der Waals surface area contributed by atoms with E-state index in [1.165, 1.54) is 57.7 Å². The molecule has 3 aromatic carbocycles. The van der Waals surface area contributed by atoms with Crippen LogP contribution in [-0.2, 0) is 12.8 Å². The molecule has 0 radical (unpaired) electrons. The Kier molecular flexibility index (Phi) is 4.23. The van der Waals surface area contributed by atoms with Crippen LogP contribution in [0.25, 0.3) is 11.6 Å². The molecule has 0 heterocycles. The Morgan fingerprint density at radius 1 is 0.767 bits per heavy atom. The van der Waals surface area contributed by atoms with Crippen molar-refractivity contribution in [2.75, 3.05) is 0 Å². The van der Waals surface area contributed by atoms with Gasteiger partial charge in [0.05, 0.1) is 0 Å². The first-order chi connectivity index (χ1) is 14.7. The summed E-state index contributed by atoms with van der Waals surface area (Å²) in [7, 11) is 0. The van der Waals surface area contributed by atoms with E-state index in [9.17, 15) is 0 Å². The third-order valence-corrected chi connectivity index (χ3v) is 8.15. The Balaban J connectivity index is 1.67. The van der Waals surface area contributed by atoms with Gasteiger partial charge in [0, 0.05) is 0 Å². The van der Waals surface area contributed by atoms with E-state index < -0.39 is 0 Å². The van der Waals surface area contributed by atoms with E-state index in [1.54, 1.807) is 16.7 Å². The first-order valence-corrected chi connectivity index (χ1v) is 11.7. The molecule has 3 aromatic rings. The van der Waals surface area contributed by atoms with Gasteiger partial charge < -0.3 is 0 Å². The van der Waals surface area contributed by atoms with Crippen LogP contribution in [-0.4, -0.2) is 0 Å². The summed E-state index contributed by atoms with van der Waals surface area (Å²) in [5, 5.41) is 5.80. The average Bonchev–Trinajstić information content (AvgIpc) is 2.73. The zero-order chi connectivity index (χ0) is 20.2. The van der Waals surface area contributed by atoms with E-state index in [1.807, 2.05) is 0 Å². The van der Waals surface area contributed by atoms with Crippen LogP contribution in [0.4, 0.5) is 0 Å². The minimum absolute atomic E-state index is 0.628. The molecular formula is C30H30. The number of hydrogen-bond acceptors (Lipinski definition) is 0. The summed E-state index contributed by atoms with van der Waals surface area (Å²) in [6.45, 7) is 4.69. The molecule has 1 fully saturated rings. The molecule has 150 valence electrons. The highest BCUT2D eigenvalue weighted by atomic mass is 14.4. The van der Waals surface area contributed by atoms with E-state index in [-0.39, 0.29) is 0 Å². The van der Waals surface area contributed by atoms with Crippen LogP contribution in [0, 0.1) is 35.1 Å². The SMILES string of the molecule is Cc1ccc(C2=c3ccc4c(c3CC(C3CCC3)C2C)CC=c2ccccc2=4)cc1. The Morgan fingerprint density at radius 2 is 1.53 bits per heavy atom. The van der Waals surface area contributed by atoms with Crippen LogP contribution in [0.15, 0.2) is 60.7 Å². The predicted molar refractivity (Wildman–Crippen MR) is 125 cm³/mol. The number of rotatable bonds is 2. The molecule has 0 nitrogen and oxygen atoms in total. The van der Waals surface area contributed by atoms with Crippen molar-refractivity contribution in [1.82, 2.24) is 0 Å². The van der Waals surface area contributed by atoms with Crippen molar-refractivity contribution >= 4 is 11.6 Å². The van der Waals surface area contributed by atoms with Gasteiger partial charge in [0.25, 0.3) is 0 Å². The van der Waals surface area contributed by atoms with Gasteiger partial charge in [-0.05, 0) is 80.7 Å².